The number of likely N-dealkylation sites (tertiary alicyclic amines) is 1. The third-order valence-corrected chi connectivity index (χ3v) is 4.37. The number of aromatic nitrogens is 1. The van der Waals surface area contributed by atoms with Crippen LogP contribution in [-0.2, 0) is 4.79 Å². The predicted octanol–water partition coefficient (Wildman–Crippen LogP) is 3.19. The molecule has 4 heteroatoms. The number of hydrogen-bond acceptors (Lipinski definition) is 3. The maximum atomic E-state index is 12.4. The number of piperidine rings is 1. The molecule has 1 fully saturated rings. The van der Waals surface area contributed by atoms with Gasteiger partial charge in [-0.1, -0.05) is 26.8 Å². The van der Waals surface area contributed by atoms with Crippen LogP contribution in [0.4, 0.5) is 5.82 Å². The van der Waals surface area contributed by atoms with Crippen LogP contribution in [0.3, 0.4) is 0 Å². The van der Waals surface area contributed by atoms with Crippen molar-refractivity contribution in [3.8, 4) is 0 Å². The fraction of sp³-hybridized carbons (Fsp3) is 0.667. The Balaban J connectivity index is 2.09. The highest BCUT2D eigenvalue weighted by atomic mass is 16.2. The molecule has 0 aromatic carbocycles. The van der Waals surface area contributed by atoms with Crippen molar-refractivity contribution in [3.05, 3.63) is 24.4 Å². The van der Waals surface area contributed by atoms with E-state index in [4.69, 9.17) is 0 Å². The van der Waals surface area contributed by atoms with Crippen molar-refractivity contribution in [2.24, 2.45) is 11.8 Å². The van der Waals surface area contributed by atoms with Gasteiger partial charge in [-0.3, -0.25) is 9.69 Å². The van der Waals surface area contributed by atoms with Crippen molar-refractivity contribution in [2.75, 3.05) is 24.5 Å². The zero-order chi connectivity index (χ0) is 16.1. The van der Waals surface area contributed by atoms with E-state index in [0.29, 0.717) is 6.42 Å². The molecule has 0 radical (unpaired) electrons. The molecule has 2 heterocycles. The molecule has 1 amide bonds. The van der Waals surface area contributed by atoms with Crippen molar-refractivity contribution in [2.45, 2.75) is 46.6 Å². The lowest BCUT2D eigenvalue weighted by molar-refractivity contribution is -0.118. The van der Waals surface area contributed by atoms with Gasteiger partial charge in [-0.2, -0.15) is 0 Å². The Kier molecular flexibility index (Phi) is 5.95. The maximum Gasteiger partial charge on any atom is 0.228 e. The number of carbonyl (C=O) groups is 1. The standard InChI is InChI=1S/C18H29N3O/c1-5-18(22)21(17-8-6-7-9-19-17)16(4)13-20-11-14(2)10-15(3)12-20/h6-9,14-16H,5,10-13H2,1-4H3/t14-,15+,16?. The number of rotatable bonds is 5. The minimum atomic E-state index is 0.139. The molecule has 0 saturated carbocycles. The SMILES string of the molecule is CCC(=O)N(c1ccccn1)C(C)CN1C[C@H](C)C[C@H](C)C1. The summed E-state index contributed by atoms with van der Waals surface area (Å²) in [7, 11) is 0. The largest absolute Gasteiger partial charge is 0.301 e. The van der Waals surface area contributed by atoms with Crippen molar-refractivity contribution >= 4 is 11.7 Å². The zero-order valence-electron chi connectivity index (χ0n) is 14.3. The molecule has 1 unspecified atom stereocenters. The number of anilines is 1. The molecule has 1 aromatic rings. The third-order valence-electron chi connectivity index (χ3n) is 4.37. The molecule has 0 N–H and O–H groups in total. The van der Waals surface area contributed by atoms with Crippen molar-refractivity contribution in [1.29, 1.82) is 0 Å². The highest BCUT2D eigenvalue weighted by Crippen LogP contribution is 2.22. The topological polar surface area (TPSA) is 36.4 Å². The van der Waals surface area contributed by atoms with Gasteiger partial charge in [-0.25, -0.2) is 4.98 Å². The third kappa shape index (κ3) is 4.29. The maximum absolute atomic E-state index is 12.4. The van der Waals surface area contributed by atoms with Gasteiger partial charge < -0.3 is 4.90 Å². The quantitative estimate of drug-likeness (QED) is 0.838. The molecule has 1 aromatic heterocycles. The normalized spacial score (nSPS) is 24.0. The van der Waals surface area contributed by atoms with Crippen molar-refractivity contribution in [1.82, 2.24) is 9.88 Å². The number of nitrogens with zero attached hydrogens (tertiary/aromatic N) is 3. The van der Waals surface area contributed by atoms with Crippen LogP contribution in [0.2, 0.25) is 0 Å². The monoisotopic (exact) mass is 303 g/mol. The summed E-state index contributed by atoms with van der Waals surface area (Å²) < 4.78 is 0. The van der Waals surface area contributed by atoms with E-state index >= 15 is 0 Å². The summed E-state index contributed by atoms with van der Waals surface area (Å²) in [5.74, 6) is 2.38. The Morgan fingerprint density at radius 1 is 1.36 bits per heavy atom. The molecular formula is C18H29N3O. The van der Waals surface area contributed by atoms with Crippen LogP contribution in [-0.4, -0.2) is 41.5 Å². The second kappa shape index (κ2) is 7.73. The van der Waals surface area contributed by atoms with Gasteiger partial charge in [-0.05, 0) is 37.3 Å². The van der Waals surface area contributed by atoms with E-state index in [-0.39, 0.29) is 11.9 Å². The average Bonchev–Trinajstić information content (AvgIpc) is 2.47. The Morgan fingerprint density at radius 3 is 2.59 bits per heavy atom. The van der Waals surface area contributed by atoms with Gasteiger partial charge in [0.25, 0.3) is 0 Å². The summed E-state index contributed by atoms with van der Waals surface area (Å²) in [5, 5.41) is 0. The molecule has 3 atom stereocenters. The fourth-order valence-corrected chi connectivity index (χ4v) is 3.66. The minimum Gasteiger partial charge on any atom is -0.301 e. The minimum absolute atomic E-state index is 0.139. The van der Waals surface area contributed by atoms with E-state index in [1.165, 1.54) is 6.42 Å². The van der Waals surface area contributed by atoms with E-state index in [1.54, 1.807) is 6.20 Å². The van der Waals surface area contributed by atoms with Gasteiger partial charge in [0.15, 0.2) is 0 Å². The lowest BCUT2D eigenvalue weighted by atomic mass is 9.91. The van der Waals surface area contributed by atoms with E-state index in [2.05, 4.69) is 30.7 Å². The Morgan fingerprint density at radius 2 is 2.05 bits per heavy atom. The summed E-state index contributed by atoms with van der Waals surface area (Å²) in [6.45, 7) is 11.9. The predicted molar refractivity (Wildman–Crippen MR) is 90.9 cm³/mol. The van der Waals surface area contributed by atoms with Crippen molar-refractivity contribution in [3.63, 3.8) is 0 Å². The van der Waals surface area contributed by atoms with Crippen LogP contribution in [0.25, 0.3) is 0 Å². The molecule has 4 nitrogen and oxygen atoms in total. The Labute approximate surface area is 134 Å². The van der Waals surface area contributed by atoms with Gasteiger partial charge in [0.1, 0.15) is 5.82 Å². The Hall–Kier alpha value is -1.42. The second-order valence-electron chi connectivity index (χ2n) is 6.82. The number of pyridine rings is 1. The molecule has 1 aliphatic heterocycles. The van der Waals surface area contributed by atoms with E-state index in [9.17, 15) is 4.79 Å². The lowest BCUT2D eigenvalue weighted by Crippen LogP contribution is -2.49. The lowest BCUT2D eigenvalue weighted by Gasteiger charge is -2.38. The molecule has 0 aliphatic carbocycles. The van der Waals surface area contributed by atoms with Crippen LogP contribution in [0.1, 0.15) is 40.5 Å². The van der Waals surface area contributed by atoms with Gasteiger partial charge in [-0.15, -0.1) is 0 Å². The van der Waals surface area contributed by atoms with Gasteiger partial charge in [0.05, 0.1) is 0 Å². The fourth-order valence-electron chi connectivity index (χ4n) is 3.66. The van der Waals surface area contributed by atoms with Crippen LogP contribution in [0.5, 0.6) is 0 Å². The summed E-state index contributed by atoms with van der Waals surface area (Å²) in [6, 6.07) is 5.89. The summed E-state index contributed by atoms with van der Waals surface area (Å²) in [6.07, 6.45) is 3.57. The number of carbonyl (C=O) groups excluding carboxylic acids is 1. The molecule has 0 spiro atoms. The van der Waals surface area contributed by atoms with Crippen molar-refractivity contribution < 1.29 is 4.79 Å². The first-order chi connectivity index (χ1) is 10.5. The molecular weight excluding hydrogens is 274 g/mol. The molecule has 1 aliphatic rings. The molecule has 22 heavy (non-hydrogen) atoms. The summed E-state index contributed by atoms with van der Waals surface area (Å²) in [5.41, 5.74) is 0. The Bertz CT molecular complexity index is 466. The molecule has 0 bridgehead atoms. The number of amides is 1. The highest BCUT2D eigenvalue weighted by Gasteiger charge is 2.27. The van der Waals surface area contributed by atoms with Crippen LogP contribution in [0.15, 0.2) is 24.4 Å². The van der Waals surface area contributed by atoms with Crippen LogP contribution < -0.4 is 4.90 Å². The smallest absolute Gasteiger partial charge is 0.228 e. The molecule has 1 saturated heterocycles. The van der Waals surface area contributed by atoms with Gasteiger partial charge in [0.2, 0.25) is 5.91 Å². The number of hydrogen-bond donors (Lipinski definition) is 0. The summed E-state index contributed by atoms with van der Waals surface area (Å²) in [4.78, 5) is 21.1. The first kappa shape index (κ1) is 16.9. The molecule has 2 rings (SSSR count). The highest BCUT2D eigenvalue weighted by molar-refractivity contribution is 5.92. The first-order valence-electron chi connectivity index (χ1n) is 8.46. The second-order valence-corrected chi connectivity index (χ2v) is 6.82. The molecule has 122 valence electrons. The van der Waals surface area contributed by atoms with Crippen LogP contribution in [0, 0.1) is 11.8 Å². The zero-order valence-corrected chi connectivity index (χ0v) is 14.3. The van der Waals surface area contributed by atoms with E-state index in [0.717, 1.165) is 37.3 Å². The van der Waals surface area contributed by atoms with E-state index in [1.807, 2.05) is 30.0 Å². The first-order valence-corrected chi connectivity index (χ1v) is 8.46. The van der Waals surface area contributed by atoms with Gasteiger partial charge >= 0.3 is 0 Å². The van der Waals surface area contributed by atoms with Crippen LogP contribution >= 0.6 is 0 Å². The van der Waals surface area contributed by atoms with Gasteiger partial charge in [0, 0.05) is 38.3 Å². The summed E-state index contributed by atoms with van der Waals surface area (Å²) >= 11 is 0. The average molecular weight is 303 g/mol. The van der Waals surface area contributed by atoms with E-state index < -0.39 is 0 Å².